The third kappa shape index (κ3) is 4.63. The van der Waals surface area contributed by atoms with Crippen LogP contribution in [0.25, 0.3) is 54.6 Å². The second-order valence-electron chi connectivity index (χ2n) is 12.0. The standard InChI is InChI=1S/C39H37I/c1-6-38(3,4)30-20-16-26(17-21-30)36-32-14-10-11-15-33(32)37(27-18-22-31(23-19-27)39(5,40)7-2)35-25-29-13-9-8-12-28(29)24-34(35)36/h8-25H,6-7H2,1-5H3. The Kier molecular flexibility index (Phi) is 6.99. The highest BCUT2D eigenvalue weighted by Crippen LogP contribution is 2.46. The molecule has 0 aliphatic rings. The summed E-state index contributed by atoms with van der Waals surface area (Å²) in [5.74, 6) is 0. The van der Waals surface area contributed by atoms with Crippen LogP contribution in [0.1, 0.15) is 58.6 Å². The van der Waals surface area contributed by atoms with Crippen LogP contribution < -0.4 is 0 Å². The molecule has 6 aromatic rings. The average Bonchev–Trinajstić information content (AvgIpc) is 2.99. The average molecular weight is 633 g/mol. The molecule has 0 amide bonds. The number of rotatable bonds is 6. The zero-order valence-corrected chi connectivity index (χ0v) is 26.3. The predicted molar refractivity (Wildman–Crippen MR) is 185 cm³/mol. The molecule has 0 aliphatic heterocycles. The lowest BCUT2D eigenvalue weighted by Crippen LogP contribution is -2.14. The van der Waals surface area contributed by atoms with Gasteiger partial charge in [0.2, 0.25) is 0 Å². The van der Waals surface area contributed by atoms with Crippen molar-refractivity contribution in [2.45, 2.75) is 56.3 Å². The van der Waals surface area contributed by atoms with Crippen LogP contribution in [0.4, 0.5) is 0 Å². The van der Waals surface area contributed by atoms with Gasteiger partial charge in [-0.1, -0.05) is 147 Å². The van der Waals surface area contributed by atoms with Gasteiger partial charge >= 0.3 is 0 Å². The largest absolute Gasteiger partial charge is 0.0740 e. The molecule has 1 atom stereocenters. The van der Waals surface area contributed by atoms with E-state index >= 15 is 0 Å². The van der Waals surface area contributed by atoms with E-state index in [1.807, 2.05) is 0 Å². The molecular weight excluding hydrogens is 595 g/mol. The van der Waals surface area contributed by atoms with Crippen molar-refractivity contribution >= 4 is 54.9 Å². The normalized spacial score (nSPS) is 13.7. The molecule has 0 saturated heterocycles. The minimum Gasteiger partial charge on any atom is -0.0740 e. The molecule has 0 spiro atoms. The fourth-order valence-corrected chi connectivity index (χ4v) is 6.33. The molecule has 0 radical (unpaired) electrons. The second-order valence-corrected chi connectivity index (χ2v) is 14.4. The molecule has 1 unspecified atom stereocenters. The predicted octanol–water partition coefficient (Wildman–Crippen LogP) is 12.2. The lowest BCUT2D eigenvalue weighted by Gasteiger charge is -2.24. The number of halogens is 1. The summed E-state index contributed by atoms with van der Waals surface area (Å²) in [6.45, 7) is 11.5. The van der Waals surface area contributed by atoms with Crippen LogP contribution in [0, 0.1) is 0 Å². The topological polar surface area (TPSA) is 0 Å². The van der Waals surface area contributed by atoms with E-state index in [1.54, 1.807) is 0 Å². The van der Waals surface area contributed by atoms with Crippen molar-refractivity contribution in [3.63, 3.8) is 0 Å². The van der Waals surface area contributed by atoms with Gasteiger partial charge < -0.3 is 0 Å². The maximum Gasteiger partial charge on any atom is 0.0439 e. The van der Waals surface area contributed by atoms with Gasteiger partial charge in [-0.15, -0.1) is 0 Å². The summed E-state index contributed by atoms with van der Waals surface area (Å²) in [6.07, 6.45) is 2.22. The SMILES string of the molecule is CCC(C)(C)c1ccc(-c2c3ccccc3c(-c3ccc(C(C)(I)CC)cc3)c3cc4ccccc4cc23)cc1. The first kappa shape index (κ1) is 27.0. The first-order chi connectivity index (χ1) is 19.2. The van der Waals surface area contributed by atoms with Crippen molar-refractivity contribution in [1.82, 2.24) is 0 Å². The van der Waals surface area contributed by atoms with Crippen LogP contribution in [0.3, 0.4) is 0 Å². The lowest BCUT2D eigenvalue weighted by molar-refractivity contribution is 0.506. The van der Waals surface area contributed by atoms with E-state index in [4.69, 9.17) is 0 Å². The van der Waals surface area contributed by atoms with Crippen molar-refractivity contribution < 1.29 is 0 Å². The molecule has 1 heteroatoms. The maximum absolute atomic E-state index is 2.59. The Morgan fingerprint density at radius 3 is 1.35 bits per heavy atom. The Hall–Kier alpha value is -3.17. The molecular formula is C39H37I. The van der Waals surface area contributed by atoms with E-state index in [1.165, 1.54) is 65.7 Å². The summed E-state index contributed by atoms with van der Waals surface area (Å²) in [4.78, 5) is 0. The molecule has 0 aliphatic carbocycles. The highest BCUT2D eigenvalue weighted by atomic mass is 127. The molecule has 6 rings (SSSR count). The molecule has 40 heavy (non-hydrogen) atoms. The summed E-state index contributed by atoms with van der Waals surface area (Å²) < 4.78 is 0.138. The zero-order valence-electron chi connectivity index (χ0n) is 24.2. The Morgan fingerprint density at radius 1 is 0.500 bits per heavy atom. The van der Waals surface area contributed by atoms with E-state index in [-0.39, 0.29) is 8.84 Å². The Morgan fingerprint density at radius 2 is 0.925 bits per heavy atom. The Labute approximate surface area is 252 Å². The fraction of sp³-hybridized carbons (Fsp3) is 0.231. The van der Waals surface area contributed by atoms with Gasteiger partial charge in [-0.2, -0.15) is 0 Å². The lowest BCUT2D eigenvalue weighted by atomic mass is 9.80. The first-order valence-corrected chi connectivity index (χ1v) is 15.6. The van der Waals surface area contributed by atoms with Crippen molar-refractivity contribution in [3.8, 4) is 22.3 Å². The highest BCUT2D eigenvalue weighted by molar-refractivity contribution is 14.1. The molecule has 200 valence electrons. The van der Waals surface area contributed by atoms with Crippen molar-refractivity contribution in [2.75, 3.05) is 0 Å². The molecule has 6 aromatic carbocycles. The number of benzene rings is 6. The smallest absolute Gasteiger partial charge is 0.0439 e. The number of hydrogen-bond donors (Lipinski definition) is 0. The van der Waals surface area contributed by atoms with Gasteiger partial charge in [-0.05, 0) is 103 Å². The molecule has 0 N–H and O–H groups in total. The summed E-state index contributed by atoms with van der Waals surface area (Å²) in [6, 6.07) is 41.2. The Balaban J connectivity index is 1.68. The minimum atomic E-state index is 0.138. The second kappa shape index (κ2) is 10.3. The van der Waals surface area contributed by atoms with Gasteiger partial charge in [0, 0.05) is 3.42 Å². The van der Waals surface area contributed by atoms with Crippen LogP contribution in [-0.2, 0) is 8.84 Å². The van der Waals surface area contributed by atoms with E-state index in [9.17, 15) is 0 Å². The summed E-state index contributed by atoms with van der Waals surface area (Å²) in [5.41, 5.74) is 8.13. The van der Waals surface area contributed by atoms with E-state index < -0.39 is 0 Å². The first-order valence-electron chi connectivity index (χ1n) is 14.5. The summed E-state index contributed by atoms with van der Waals surface area (Å²) in [5, 5.41) is 7.79. The van der Waals surface area contributed by atoms with Crippen molar-refractivity contribution in [1.29, 1.82) is 0 Å². The molecule has 0 fully saturated rings. The van der Waals surface area contributed by atoms with Gasteiger partial charge in [0.25, 0.3) is 0 Å². The third-order valence-electron chi connectivity index (χ3n) is 9.17. The van der Waals surface area contributed by atoms with E-state index in [0.717, 1.165) is 12.8 Å². The van der Waals surface area contributed by atoms with Gasteiger partial charge in [0.05, 0.1) is 0 Å². The van der Waals surface area contributed by atoms with Crippen LogP contribution in [0.5, 0.6) is 0 Å². The summed E-state index contributed by atoms with van der Waals surface area (Å²) in [7, 11) is 0. The number of fused-ring (bicyclic) bond motifs is 3. The van der Waals surface area contributed by atoms with Crippen LogP contribution in [0.2, 0.25) is 0 Å². The number of hydrogen-bond acceptors (Lipinski definition) is 0. The van der Waals surface area contributed by atoms with Gasteiger partial charge in [-0.25, -0.2) is 0 Å². The van der Waals surface area contributed by atoms with Crippen LogP contribution in [0.15, 0.2) is 109 Å². The highest BCUT2D eigenvalue weighted by Gasteiger charge is 2.22. The van der Waals surface area contributed by atoms with Gasteiger partial charge in [0.1, 0.15) is 0 Å². The van der Waals surface area contributed by atoms with Gasteiger partial charge in [0.15, 0.2) is 0 Å². The number of alkyl halides is 1. The monoisotopic (exact) mass is 632 g/mol. The minimum absolute atomic E-state index is 0.138. The molecule has 0 bridgehead atoms. The fourth-order valence-electron chi connectivity index (χ4n) is 5.97. The zero-order chi connectivity index (χ0) is 28.1. The maximum atomic E-state index is 2.59. The third-order valence-corrected chi connectivity index (χ3v) is 10.6. The quantitative estimate of drug-likeness (QED) is 0.0974. The van der Waals surface area contributed by atoms with Gasteiger partial charge in [-0.3, -0.25) is 0 Å². The van der Waals surface area contributed by atoms with E-state index in [2.05, 4.69) is 166 Å². The van der Waals surface area contributed by atoms with Crippen LogP contribution in [-0.4, -0.2) is 0 Å². The molecule has 0 aromatic heterocycles. The van der Waals surface area contributed by atoms with Crippen molar-refractivity contribution in [2.24, 2.45) is 0 Å². The molecule has 0 heterocycles. The van der Waals surface area contributed by atoms with E-state index in [0.29, 0.717) is 0 Å². The summed E-state index contributed by atoms with van der Waals surface area (Å²) >= 11 is 2.59. The molecule has 0 nitrogen and oxygen atoms in total. The van der Waals surface area contributed by atoms with Crippen molar-refractivity contribution in [3.05, 3.63) is 120 Å². The Bertz CT molecular complexity index is 1700. The molecule has 0 saturated carbocycles. The van der Waals surface area contributed by atoms with Crippen LogP contribution >= 0.6 is 22.6 Å².